The molecule has 1 heterocycles. The first kappa shape index (κ1) is 15.1. The summed E-state index contributed by atoms with van der Waals surface area (Å²) in [6.45, 7) is 9.85. The summed E-state index contributed by atoms with van der Waals surface area (Å²) >= 11 is 0. The molecule has 0 aliphatic rings. The summed E-state index contributed by atoms with van der Waals surface area (Å²) in [5.74, 6) is 1.15. The zero-order valence-corrected chi connectivity index (χ0v) is 13.5. The second-order valence-electron chi connectivity index (χ2n) is 6.00. The molecule has 2 nitrogen and oxygen atoms in total. The van der Waals surface area contributed by atoms with Gasteiger partial charge in [0.1, 0.15) is 5.82 Å². The molecule has 0 saturated heterocycles. The SMILES string of the molecule is CCCCCCCCn1c(C)nc2cc(C)c(C)cc21. The second-order valence-corrected chi connectivity index (χ2v) is 6.00. The molecule has 0 atom stereocenters. The maximum Gasteiger partial charge on any atom is 0.106 e. The number of benzene rings is 1. The minimum Gasteiger partial charge on any atom is -0.328 e. The van der Waals surface area contributed by atoms with Gasteiger partial charge in [0.05, 0.1) is 11.0 Å². The normalized spacial score (nSPS) is 11.4. The highest BCUT2D eigenvalue weighted by Gasteiger charge is 2.08. The van der Waals surface area contributed by atoms with Crippen molar-refractivity contribution in [3.8, 4) is 0 Å². The predicted octanol–water partition coefficient (Wildman–Crippen LogP) is 5.32. The van der Waals surface area contributed by atoms with E-state index in [1.165, 1.54) is 55.2 Å². The van der Waals surface area contributed by atoms with E-state index in [-0.39, 0.29) is 0 Å². The molecule has 0 aliphatic heterocycles. The fraction of sp³-hybridized carbons (Fsp3) is 0.611. The van der Waals surface area contributed by atoms with E-state index in [9.17, 15) is 0 Å². The van der Waals surface area contributed by atoms with Gasteiger partial charge in [0.15, 0.2) is 0 Å². The van der Waals surface area contributed by atoms with Crippen molar-refractivity contribution in [1.82, 2.24) is 9.55 Å². The highest BCUT2D eigenvalue weighted by Crippen LogP contribution is 2.21. The lowest BCUT2D eigenvalue weighted by Gasteiger charge is -2.08. The molecule has 1 aromatic heterocycles. The van der Waals surface area contributed by atoms with Crippen LogP contribution in [-0.4, -0.2) is 9.55 Å². The van der Waals surface area contributed by atoms with Crippen LogP contribution in [0.25, 0.3) is 11.0 Å². The van der Waals surface area contributed by atoms with Crippen LogP contribution in [0.2, 0.25) is 0 Å². The quantitative estimate of drug-likeness (QED) is 0.623. The van der Waals surface area contributed by atoms with Crippen LogP contribution in [0.4, 0.5) is 0 Å². The first-order chi connectivity index (χ1) is 9.63. The van der Waals surface area contributed by atoms with Crippen molar-refractivity contribution in [1.29, 1.82) is 0 Å². The molecule has 0 N–H and O–H groups in total. The molecule has 0 amide bonds. The molecule has 0 saturated carbocycles. The third-order valence-corrected chi connectivity index (χ3v) is 4.29. The number of aromatic nitrogens is 2. The van der Waals surface area contributed by atoms with Crippen molar-refractivity contribution >= 4 is 11.0 Å². The third kappa shape index (κ3) is 3.41. The van der Waals surface area contributed by atoms with Crippen LogP contribution in [0.15, 0.2) is 12.1 Å². The van der Waals surface area contributed by atoms with Gasteiger partial charge in [-0.1, -0.05) is 39.0 Å². The topological polar surface area (TPSA) is 17.8 Å². The molecule has 0 fully saturated rings. The summed E-state index contributed by atoms with van der Waals surface area (Å²) in [7, 11) is 0. The monoisotopic (exact) mass is 272 g/mol. The molecule has 0 bridgehead atoms. The lowest BCUT2D eigenvalue weighted by atomic mass is 10.1. The number of hydrogen-bond acceptors (Lipinski definition) is 1. The molecule has 0 aliphatic carbocycles. The molecular formula is C18H28N2. The van der Waals surface area contributed by atoms with E-state index in [4.69, 9.17) is 4.98 Å². The van der Waals surface area contributed by atoms with Gasteiger partial charge in [-0.15, -0.1) is 0 Å². The first-order valence-corrected chi connectivity index (χ1v) is 8.07. The van der Waals surface area contributed by atoms with Crippen LogP contribution in [0.3, 0.4) is 0 Å². The average molecular weight is 272 g/mol. The molecule has 1 aromatic carbocycles. The number of rotatable bonds is 7. The number of unbranched alkanes of at least 4 members (excludes halogenated alkanes) is 5. The van der Waals surface area contributed by atoms with Gasteiger partial charge in [-0.25, -0.2) is 4.98 Å². The molecule has 0 radical (unpaired) electrons. The van der Waals surface area contributed by atoms with Crippen LogP contribution >= 0.6 is 0 Å². The van der Waals surface area contributed by atoms with Gasteiger partial charge >= 0.3 is 0 Å². The Balaban J connectivity index is 2.02. The summed E-state index contributed by atoms with van der Waals surface area (Å²) in [4.78, 5) is 4.71. The van der Waals surface area contributed by atoms with Gasteiger partial charge in [-0.3, -0.25) is 0 Å². The number of nitrogens with zero attached hydrogens (tertiary/aromatic N) is 2. The maximum absolute atomic E-state index is 4.71. The predicted molar refractivity (Wildman–Crippen MR) is 87.3 cm³/mol. The summed E-state index contributed by atoms with van der Waals surface area (Å²) in [6, 6.07) is 4.51. The molecule has 110 valence electrons. The van der Waals surface area contributed by atoms with Crippen molar-refractivity contribution < 1.29 is 0 Å². The number of imidazole rings is 1. The summed E-state index contributed by atoms with van der Waals surface area (Å²) in [6.07, 6.45) is 8.07. The van der Waals surface area contributed by atoms with E-state index in [0.717, 1.165) is 17.9 Å². The Morgan fingerprint density at radius 3 is 2.30 bits per heavy atom. The molecule has 20 heavy (non-hydrogen) atoms. The minimum atomic E-state index is 1.11. The van der Waals surface area contributed by atoms with Gasteiger partial charge in [-0.05, 0) is 50.5 Å². The Morgan fingerprint density at radius 1 is 0.900 bits per heavy atom. The van der Waals surface area contributed by atoms with E-state index < -0.39 is 0 Å². The first-order valence-electron chi connectivity index (χ1n) is 8.07. The van der Waals surface area contributed by atoms with E-state index >= 15 is 0 Å². The molecule has 2 aromatic rings. The molecular weight excluding hydrogens is 244 g/mol. The molecule has 2 heteroatoms. The van der Waals surface area contributed by atoms with E-state index in [1.807, 2.05) is 0 Å². The van der Waals surface area contributed by atoms with Crippen molar-refractivity contribution in [3.05, 3.63) is 29.1 Å². The Hall–Kier alpha value is -1.31. The van der Waals surface area contributed by atoms with Gasteiger partial charge in [-0.2, -0.15) is 0 Å². The summed E-state index contributed by atoms with van der Waals surface area (Å²) in [5.41, 5.74) is 5.15. The fourth-order valence-corrected chi connectivity index (χ4v) is 2.83. The van der Waals surface area contributed by atoms with Crippen LogP contribution in [0, 0.1) is 20.8 Å². The van der Waals surface area contributed by atoms with Gasteiger partial charge in [0, 0.05) is 6.54 Å². The van der Waals surface area contributed by atoms with E-state index in [1.54, 1.807) is 0 Å². The largest absolute Gasteiger partial charge is 0.328 e. The average Bonchev–Trinajstić information content (AvgIpc) is 2.70. The summed E-state index contributed by atoms with van der Waals surface area (Å²) in [5, 5.41) is 0. The smallest absolute Gasteiger partial charge is 0.106 e. The third-order valence-electron chi connectivity index (χ3n) is 4.29. The number of hydrogen-bond donors (Lipinski definition) is 0. The highest BCUT2D eigenvalue weighted by molar-refractivity contribution is 5.78. The molecule has 0 unspecified atom stereocenters. The van der Waals surface area contributed by atoms with Crippen LogP contribution in [0.5, 0.6) is 0 Å². The molecule has 0 spiro atoms. The van der Waals surface area contributed by atoms with E-state index in [0.29, 0.717) is 0 Å². The van der Waals surface area contributed by atoms with Crippen molar-refractivity contribution in [2.75, 3.05) is 0 Å². The second kappa shape index (κ2) is 6.92. The Kier molecular flexibility index (Phi) is 5.22. The number of aryl methyl sites for hydroxylation is 4. The summed E-state index contributed by atoms with van der Waals surface area (Å²) < 4.78 is 2.39. The van der Waals surface area contributed by atoms with Crippen molar-refractivity contribution in [2.45, 2.75) is 72.8 Å². The zero-order valence-electron chi connectivity index (χ0n) is 13.5. The van der Waals surface area contributed by atoms with Crippen LogP contribution in [-0.2, 0) is 6.54 Å². The standard InChI is InChI=1S/C18H28N2/c1-5-6-7-8-9-10-11-20-16(4)19-17-12-14(2)15(3)13-18(17)20/h12-13H,5-11H2,1-4H3. The van der Waals surface area contributed by atoms with Gasteiger partial charge in [0.25, 0.3) is 0 Å². The fourth-order valence-electron chi connectivity index (χ4n) is 2.83. The van der Waals surface area contributed by atoms with Gasteiger partial charge in [0.2, 0.25) is 0 Å². The van der Waals surface area contributed by atoms with Crippen molar-refractivity contribution in [3.63, 3.8) is 0 Å². The molecule has 2 rings (SSSR count). The van der Waals surface area contributed by atoms with Crippen LogP contribution < -0.4 is 0 Å². The lowest BCUT2D eigenvalue weighted by Crippen LogP contribution is -2.00. The Labute approximate surface area is 123 Å². The Morgan fingerprint density at radius 2 is 1.55 bits per heavy atom. The van der Waals surface area contributed by atoms with Crippen LogP contribution in [0.1, 0.15) is 62.4 Å². The highest BCUT2D eigenvalue weighted by atomic mass is 15.1. The van der Waals surface area contributed by atoms with E-state index in [2.05, 4.69) is 44.4 Å². The van der Waals surface area contributed by atoms with Crippen molar-refractivity contribution in [2.24, 2.45) is 0 Å². The maximum atomic E-state index is 4.71. The minimum absolute atomic E-state index is 1.11. The zero-order chi connectivity index (χ0) is 14.5. The van der Waals surface area contributed by atoms with Gasteiger partial charge < -0.3 is 4.57 Å². The lowest BCUT2D eigenvalue weighted by molar-refractivity contribution is 0.558. The number of fused-ring (bicyclic) bond motifs is 1. The Bertz CT molecular complexity index is 566.